The van der Waals surface area contributed by atoms with Gasteiger partial charge in [-0.15, -0.1) is 11.8 Å². The molecule has 0 radical (unpaired) electrons. The Morgan fingerprint density at radius 1 is 0.972 bits per heavy atom. The van der Waals surface area contributed by atoms with Crippen LogP contribution in [0.5, 0.6) is 11.5 Å². The Kier molecular flexibility index (Phi) is 15.5. The second-order valence-electron chi connectivity index (χ2n) is 19.7. The van der Waals surface area contributed by atoms with Crippen molar-refractivity contribution < 1.29 is 36.2 Å². The first-order chi connectivity index (χ1) is 33.7. The van der Waals surface area contributed by atoms with Gasteiger partial charge in [0.05, 0.1) is 73.9 Å². The van der Waals surface area contributed by atoms with E-state index >= 15 is 0 Å². The SMILES string of the molecule is CCOC(=O)c1c(CCCOc2cc(SCc3ccc(OC)cc3)cc3cc(F)ccc23)c2ccc(Cl)c(-c3c(CN(Cc4cc(CO[Si](C)(C)C(C)(C)C)n(C)n4)S(C)(=O)=O)nn4c3CCC4)c2n1C. The molecule has 378 valence electrons. The molecule has 18 heteroatoms. The van der Waals surface area contributed by atoms with Crippen molar-refractivity contribution in [1.82, 2.24) is 28.4 Å². The van der Waals surface area contributed by atoms with Crippen molar-refractivity contribution in [2.45, 2.75) is 108 Å². The number of ether oxygens (including phenoxy) is 3. The average Bonchev–Trinajstić information content (AvgIpc) is 4.07. The lowest BCUT2D eigenvalue weighted by Crippen LogP contribution is -2.40. The van der Waals surface area contributed by atoms with Crippen molar-refractivity contribution in [2.24, 2.45) is 14.1 Å². The first kappa shape index (κ1) is 52.2. The molecule has 7 aromatic rings. The van der Waals surface area contributed by atoms with Crippen LogP contribution in [0.2, 0.25) is 23.2 Å². The summed E-state index contributed by atoms with van der Waals surface area (Å²) in [6.45, 7) is 14.3. The van der Waals surface area contributed by atoms with Crippen molar-refractivity contribution in [3.05, 3.63) is 123 Å². The molecule has 8 rings (SSSR count). The quantitative estimate of drug-likeness (QED) is 0.0315. The van der Waals surface area contributed by atoms with Gasteiger partial charge < -0.3 is 23.2 Å². The minimum Gasteiger partial charge on any atom is -0.497 e. The van der Waals surface area contributed by atoms with E-state index < -0.39 is 24.3 Å². The number of nitrogens with zero attached hydrogens (tertiary/aromatic N) is 6. The third-order valence-corrected chi connectivity index (χ3v) is 20.9. The van der Waals surface area contributed by atoms with E-state index in [4.69, 9.17) is 40.4 Å². The summed E-state index contributed by atoms with van der Waals surface area (Å²) in [7, 11) is -0.506. The topological polar surface area (TPSA) is 132 Å². The maximum atomic E-state index is 14.6. The summed E-state index contributed by atoms with van der Waals surface area (Å²) in [4.78, 5) is 14.9. The lowest BCUT2D eigenvalue weighted by atomic mass is 9.97. The number of halogens is 2. The fourth-order valence-electron chi connectivity index (χ4n) is 9.03. The van der Waals surface area contributed by atoms with Gasteiger partial charge in [-0.05, 0) is 122 Å². The molecule has 1 aliphatic heterocycles. The Hall–Kier alpha value is -5.17. The Balaban J connectivity index is 1.09. The number of aromatic nitrogens is 5. The molecule has 13 nitrogen and oxygen atoms in total. The van der Waals surface area contributed by atoms with Crippen LogP contribution in [0.15, 0.2) is 77.7 Å². The zero-order valence-electron chi connectivity index (χ0n) is 42.3. The number of carbonyl (C=O) groups is 1. The summed E-state index contributed by atoms with van der Waals surface area (Å²) in [5.41, 5.74) is 7.42. The largest absolute Gasteiger partial charge is 0.497 e. The number of hydrogen-bond acceptors (Lipinski definition) is 10. The molecular formula is C53H64ClFN6O7S2Si. The van der Waals surface area contributed by atoms with Gasteiger partial charge in [0.2, 0.25) is 10.0 Å². The molecule has 0 bridgehead atoms. The highest BCUT2D eigenvalue weighted by Crippen LogP contribution is 2.44. The number of thioether (sulfide) groups is 1. The van der Waals surface area contributed by atoms with E-state index in [9.17, 15) is 17.6 Å². The Morgan fingerprint density at radius 2 is 1.72 bits per heavy atom. The minimum absolute atomic E-state index is 0.0230. The molecule has 0 spiro atoms. The Morgan fingerprint density at radius 3 is 2.42 bits per heavy atom. The molecule has 0 saturated heterocycles. The van der Waals surface area contributed by atoms with E-state index in [0.717, 1.165) is 66.8 Å². The number of hydrogen-bond donors (Lipinski definition) is 0. The van der Waals surface area contributed by atoms with Gasteiger partial charge in [0.15, 0.2) is 8.32 Å². The number of fused-ring (bicyclic) bond motifs is 3. The van der Waals surface area contributed by atoms with E-state index in [1.807, 2.05) is 77.9 Å². The number of benzene rings is 4. The number of esters is 1. The molecule has 4 heterocycles. The van der Waals surface area contributed by atoms with Gasteiger partial charge in [-0.25, -0.2) is 17.6 Å². The fourth-order valence-corrected chi connectivity index (χ4v) is 11.9. The number of methoxy groups -OCH3 is 1. The molecular weight excluding hydrogens is 979 g/mol. The maximum Gasteiger partial charge on any atom is 0.355 e. The van der Waals surface area contributed by atoms with E-state index in [0.29, 0.717) is 78.2 Å². The zero-order chi connectivity index (χ0) is 51.0. The van der Waals surface area contributed by atoms with Gasteiger partial charge in [0.25, 0.3) is 0 Å². The summed E-state index contributed by atoms with van der Waals surface area (Å²) in [5.74, 6) is 1.34. The van der Waals surface area contributed by atoms with Gasteiger partial charge >= 0.3 is 5.97 Å². The number of rotatable bonds is 20. The summed E-state index contributed by atoms with van der Waals surface area (Å²) >= 11 is 8.91. The van der Waals surface area contributed by atoms with Crippen LogP contribution in [0.3, 0.4) is 0 Å². The van der Waals surface area contributed by atoms with Crippen molar-refractivity contribution in [1.29, 1.82) is 0 Å². The van der Waals surface area contributed by atoms with Crippen LogP contribution in [0.4, 0.5) is 4.39 Å². The van der Waals surface area contributed by atoms with Crippen LogP contribution >= 0.6 is 23.4 Å². The highest BCUT2D eigenvalue weighted by atomic mass is 35.5. The van der Waals surface area contributed by atoms with Gasteiger partial charge in [-0.3, -0.25) is 9.36 Å². The second kappa shape index (κ2) is 21.1. The van der Waals surface area contributed by atoms with Gasteiger partial charge in [-0.2, -0.15) is 14.5 Å². The van der Waals surface area contributed by atoms with Gasteiger partial charge in [-0.1, -0.05) is 50.6 Å². The standard InChI is InChI=1S/C53H64ClFN6O7S2Si/c1-11-66-52(62)51-42(14-13-25-67-47-29-40(27-35-26-36(55)18-21-41(35)47)69-33-34-16-19-39(65-7)20-17-34)43-22-23-44(54)48(50(43)58(51)5)49-45(57-61-24-12-15-46(49)61)31-60(70(8,63)64)30-37-28-38(59(6)56-37)32-68-71(9,10)53(2,3)4/h16-23,26-29H,11-15,24-25,30-33H2,1-10H3. The molecule has 1 aliphatic rings. The first-order valence-corrected chi connectivity index (χ1v) is 30.1. The van der Waals surface area contributed by atoms with Crippen LogP contribution in [0, 0.1) is 5.82 Å². The predicted octanol–water partition coefficient (Wildman–Crippen LogP) is 11.6. The molecule has 0 fully saturated rings. The average molecular weight is 1040 g/mol. The molecule has 0 atom stereocenters. The first-order valence-electron chi connectivity index (χ1n) is 24.0. The molecule has 71 heavy (non-hydrogen) atoms. The van der Waals surface area contributed by atoms with Crippen molar-refractivity contribution in [3.63, 3.8) is 0 Å². The smallest absolute Gasteiger partial charge is 0.355 e. The second-order valence-corrected chi connectivity index (χ2v) is 28.0. The summed E-state index contributed by atoms with van der Waals surface area (Å²) in [6, 6.07) is 22.3. The van der Waals surface area contributed by atoms with E-state index in [-0.39, 0.29) is 30.6 Å². The van der Waals surface area contributed by atoms with Crippen molar-refractivity contribution >= 4 is 69.3 Å². The maximum absolute atomic E-state index is 14.6. The molecule has 0 unspecified atom stereocenters. The molecule has 4 aromatic carbocycles. The number of aryl methyl sites for hydroxylation is 4. The van der Waals surface area contributed by atoms with Crippen LogP contribution < -0.4 is 9.47 Å². The summed E-state index contributed by atoms with van der Waals surface area (Å²) < 4.78 is 72.9. The van der Waals surface area contributed by atoms with E-state index in [2.05, 4.69) is 33.9 Å². The van der Waals surface area contributed by atoms with Crippen LogP contribution in [0.1, 0.15) is 84.9 Å². The van der Waals surface area contributed by atoms with E-state index in [1.165, 1.54) is 22.7 Å². The third-order valence-electron chi connectivity index (χ3n) is 13.8. The third kappa shape index (κ3) is 11.2. The zero-order valence-corrected chi connectivity index (χ0v) is 45.7. The Labute approximate surface area is 426 Å². The lowest BCUT2D eigenvalue weighted by Gasteiger charge is -2.36. The number of carbonyl (C=O) groups excluding carboxylic acids is 1. The van der Waals surface area contributed by atoms with Crippen LogP contribution in [-0.2, 0) is 78.1 Å². The fraction of sp³-hybridized carbons (Fsp3) is 0.415. The lowest BCUT2D eigenvalue weighted by molar-refractivity contribution is 0.0514. The molecule has 0 aliphatic carbocycles. The Bertz CT molecular complexity index is 3220. The highest BCUT2D eigenvalue weighted by Gasteiger charge is 2.38. The van der Waals surface area contributed by atoms with Crippen molar-refractivity contribution in [3.8, 4) is 22.6 Å². The summed E-state index contributed by atoms with van der Waals surface area (Å²) in [6.07, 6.45) is 3.78. The van der Waals surface area contributed by atoms with E-state index in [1.54, 1.807) is 36.5 Å². The molecule has 0 saturated carbocycles. The minimum atomic E-state index is -3.78. The number of sulfonamides is 1. The van der Waals surface area contributed by atoms with Gasteiger partial charge in [0.1, 0.15) is 23.0 Å². The van der Waals surface area contributed by atoms with Gasteiger partial charge in [0, 0.05) is 58.9 Å². The predicted molar refractivity (Wildman–Crippen MR) is 283 cm³/mol. The normalized spacial score (nSPS) is 13.2. The van der Waals surface area contributed by atoms with Crippen LogP contribution in [0.25, 0.3) is 32.8 Å². The monoisotopic (exact) mass is 1040 g/mol. The summed E-state index contributed by atoms with van der Waals surface area (Å²) in [5, 5.41) is 12.6. The highest BCUT2D eigenvalue weighted by molar-refractivity contribution is 7.98. The molecule has 0 N–H and O–H groups in total. The molecule has 3 aromatic heterocycles. The molecule has 0 amide bonds. The van der Waals surface area contributed by atoms with Crippen molar-refractivity contribution in [2.75, 3.05) is 26.6 Å². The van der Waals surface area contributed by atoms with Crippen LogP contribution in [-0.4, -0.2) is 77.7 Å².